The molecular weight excluding hydrogens is 784 g/mol. The van der Waals surface area contributed by atoms with Crippen molar-refractivity contribution in [2.24, 2.45) is 11.8 Å². The van der Waals surface area contributed by atoms with Gasteiger partial charge >= 0.3 is 5.97 Å². The standard InChI is InChI=1S/C51H57ClN4O5/c1-34(33-61-46-18-25-54-45-15-5-9-35(2)48(45)46)27-39-30-37-16-17-42(60-26-8-24-55-47(57)29-36-10-6-11-38(28-36)44-14-3-4-23-53-44)32-43(37)50(39)19-21-51(22-20-50,49(58)59)56-41-13-7-12-40(52)31-41/h3-4,6-7,10-14,16-18,23,25,28,31-32,34-35,39,56H,5,8-9,15,19-22,24,26-27,29-30,33H2,1-2H3,(H,55,57)(H,58,59)/t34-,35-,39+,50?,51?/m1/s1. The van der Waals surface area contributed by atoms with E-state index in [2.05, 4.69) is 52.6 Å². The van der Waals surface area contributed by atoms with Crippen molar-refractivity contribution in [1.82, 2.24) is 15.3 Å². The maximum absolute atomic E-state index is 13.1. The third-order valence-electron chi connectivity index (χ3n) is 13.4. The fraction of sp³-hybridized carbons (Fsp3) is 0.412. The van der Waals surface area contributed by atoms with Gasteiger partial charge < -0.3 is 25.2 Å². The lowest BCUT2D eigenvalue weighted by Gasteiger charge is -2.47. The highest BCUT2D eigenvalue weighted by molar-refractivity contribution is 6.30. The minimum absolute atomic E-state index is 0.0300. The largest absolute Gasteiger partial charge is 0.494 e. The van der Waals surface area contributed by atoms with Crippen LogP contribution in [0.1, 0.15) is 99.1 Å². The van der Waals surface area contributed by atoms with Gasteiger partial charge in [0.05, 0.1) is 25.3 Å². The number of anilines is 1. The second-order valence-corrected chi connectivity index (χ2v) is 18.1. The van der Waals surface area contributed by atoms with Gasteiger partial charge in [0.25, 0.3) is 0 Å². The summed E-state index contributed by atoms with van der Waals surface area (Å²) in [7, 11) is 0. The summed E-state index contributed by atoms with van der Waals surface area (Å²) in [6.45, 7) is 6.14. The van der Waals surface area contributed by atoms with Crippen LogP contribution in [-0.4, -0.2) is 52.2 Å². The molecule has 2 aromatic heterocycles. The number of amides is 1. The highest BCUT2D eigenvalue weighted by Gasteiger charge is 2.54. The van der Waals surface area contributed by atoms with E-state index in [-0.39, 0.29) is 17.2 Å². The van der Waals surface area contributed by atoms with Gasteiger partial charge in [-0.2, -0.15) is 0 Å². The molecule has 8 rings (SSSR count). The molecule has 1 amide bonds. The molecule has 3 aromatic carbocycles. The van der Waals surface area contributed by atoms with Crippen LogP contribution in [0.15, 0.2) is 103 Å². The number of aliphatic carboxylic acids is 1. The van der Waals surface area contributed by atoms with Crippen molar-refractivity contribution in [3.05, 3.63) is 136 Å². The van der Waals surface area contributed by atoms with Gasteiger partial charge in [-0.05, 0) is 159 Å². The molecule has 3 N–H and O–H groups in total. The Labute approximate surface area is 364 Å². The summed E-state index contributed by atoms with van der Waals surface area (Å²) in [6.07, 6.45) is 12.3. The van der Waals surface area contributed by atoms with Crippen molar-refractivity contribution in [3.63, 3.8) is 0 Å². The number of hydrogen-bond acceptors (Lipinski definition) is 7. The summed E-state index contributed by atoms with van der Waals surface area (Å²) in [5.74, 6) is 1.95. The molecule has 1 saturated carbocycles. The van der Waals surface area contributed by atoms with Gasteiger partial charge in [0.15, 0.2) is 0 Å². The monoisotopic (exact) mass is 840 g/mol. The van der Waals surface area contributed by atoms with Crippen molar-refractivity contribution in [2.75, 3.05) is 25.1 Å². The first-order valence-electron chi connectivity index (χ1n) is 22.0. The van der Waals surface area contributed by atoms with Gasteiger partial charge in [0.2, 0.25) is 5.91 Å². The Balaban J connectivity index is 0.929. The molecule has 3 atom stereocenters. The molecule has 2 heterocycles. The van der Waals surface area contributed by atoms with Gasteiger partial charge in [-0.1, -0.05) is 61.8 Å². The van der Waals surface area contributed by atoms with Crippen LogP contribution in [0.4, 0.5) is 5.69 Å². The van der Waals surface area contributed by atoms with Gasteiger partial charge in [-0.15, -0.1) is 0 Å². The Morgan fingerprint density at radius 2 is 1.79 bits per heavy atom. The summed E-state index contributed by atoms with van der Waals surface area (Å²) < 4.78 is 13.0. The number of nitrogens with one attached hydrogen (secondary N) is 2. The highest BCUT2D eigenvalue weighted by atomic mass is 35.5. The molecule has 0 radical (unpaired) electrons. The van der Waals surface area contributed by atoms with E-state index < -0.39 is 11.5 Å². The van der Waals surface area contributed by atoms with E-state index >= 15 is 0 Å². The quantitative estimate of drug-likeness (QED) is 0.0840. The molecule has 0 unspecified atom stereocenters. The zero-order valence-electron chi connectivity index (χ0n) is 35.3. The first-order valence-corrected chi connectivity index (χ1v) is 22.4. The van der Waals surface area contributed by atoms with E-state index in [1.807, 2.05) is 66.9 Å². The molecule has 3 aliphatic rings. The molecule has 0 bridgehead atoms. The average Bonchev–Trinajstić information content (AvgIpc) is 3.54. The van der Waals surface area contributed by atoms with Crippen LogP contribution in [0.3, 0.4) is 0 Å². The molecular formula is C51H57ClN4O5. The summed E-state index contributed by atoms with van der Waals surface area (Å²) in [6, 6.07) is 29.6. The maximum atomic E-state index is 13.1. The topological polar surface area (TPSA) is 123 Å². The van der Waals surface area contributed by atoms with E-state index in [1.165, 1.54) is 28.8 Å². The molecule has 1 spiro atoms. The van der Waals surface area contributed by atoms with Crippen molar-refractivity contribution in [1.29, 1.82) is 0 Å². The van der Waals surface area contributed by atoms with E-state index in [9.17, 15) is 14.7 Å². The van der Waals surface area contributed by atoms with Crippen molar-refractivity contribution >= 4 is 29.2 Å². The van der Waals surface area contributed by atoms with Crippen LogP contribution < -0.4 is 20.1 Å². The normalized spacial score (nSPS) is 22.1. The minimum Gasteiger partial charge on any atom is -0.494 e. The third kappa shape index (κ3) is 9.57. The number of halogens is 1. The van der Waals surface area contributed by atoms with Crippen LogP contribution in [0, 0.1) is 11.8 Å². The first kappa shape index (κ1) is 42.3. The number of benzene rings is 3. The van der Waals surface area contributed by atoms with Crippen LogP contribution in [0.25, 0.3) is 11.3 Å². The second kappa shape index (κ2) is 18.7. The number of fused-ring (bicyclic) bond motifs is 3. The predicted molar refractivity (Wildman–Crippen MR) is 241 cm³/mol. The van der Waals surface area contributed by atoms with Crippen molar-refractivity contribution in [2.45, 2.75) is 101 Å². The molecule has 61 heavy (non-hydrogen) atoms. The van der Waals surface area contributed by atoms with Crippen LogP contribution in [0.5, 0.6) is 11.5 Å². The Kier molecular flexibility index (Phi) is 13.0. The molecule has 0 aliphatic heterocycles. The van der Waals surface area contributed by atoms with Gasteiger partial charge in [-0.3, -0.25) is 14.8 Å². The predicted octanol–water partition coefficient (Wildman–Crippen LogP) is 10.4. The summed E-state index contributed by atoms with van der Waals surface area (Å²) in [5.41, 5.74) is 7.26. The van der Waals surface area contributed by atoms with Crippen LogP contribution >= 0.6 is 11.6 Å². The number of hydrogen-bond donors (Lipinski definition) is 3. The van der Waals surface area contributed by atoms with E-state index in [0.29, 0.717) is 68.0 Å². The average molecular weight is 841 g/mol. The lowest BCUT2D eigenvalue weighted by molar-refractivity contribution is -0.144. The number of pyridine rings is 2. The molecule has 3 aliphatic carbocycles. The number of nitrogens with zero attached hydrogens (tertiary/aromatic N) is 2. The molecule has 318 valence electrons. The maximum Gasteiger partial charge on any atom is 0.329 e. The Morgan fingerprint density at radius 3 is 2.59 bits per heavy atom. The Morgan fingerprint density at radius 1 is 0.934 bits per heavy atom. The minimum atomic E-state index is -1.10. The number of carbonyl (C=O) groups is 2. The molecule has 1 fully saturated rings. The molecule has 5 aromatic rings. The van der Waals surface area contributed by atoms with Crippen LogP contribution in [-0.2, 0) is 34.3 Å². The number of carbonyl (C=O) groups excluding carboxylic acids is 1. The lowest BCUT2D eigenvalue weighted by Crippen LogP contribution is -2.53. The zero-order valence-corrected chi connectivity index (χ0v) is 36.1. The second-order valence-electron chi connectivity index (χ2n) is 17.7. The van der Waals surface area contributed by atoms with E-state index in [1.54, 1.807) is 18.3 Å². The van der Waals surface area contributed by atoms with Gasteiger partial charge in [0, 0.05) is 46.5 Å². The molecule has 10 heteroatoms. The van der Waals surface area contributed by atoms with Crippen LogP contribution in [0.2, 0.25) is 5.02 Å². The summed E-state index contributed by atoms with van der Waals surface area (Å²) in [4.78, 5) is 35.1. The number of aromatic nitrogens is 2. The van der Waals surface area contributed by atoms with Gasteiger partial charge in [-0.25, -0.2) is 4.79 Å². The summed E-state index contributed by atoms with van der Waals surface area (Å²) >= 11 is 6.32. The van der Waals surface area contributed by atoms with E-state index in [4.69, 9.17) is 21.1 Å². The number of carboxylic acids is 1. The highest BCUT2D eigenvalue weighted by Crippen LogP contribution is 2.57. The Hall–Kier alpha value is -5.41. The molecule has 0 saturated heterocycles. The third-order valence-corrected chi connectivity index (χ3v) is 13.7. The number of ether oxygens (including phenoxy) is 2. The SMILES string of the molecule is C[C@@H](COc1ccnc2c1[C@H](C)CCC2)C[C@H]1Cc2ccc(OCCCNC(=O)Cc3cccc(-c4ccccn4)c3)cc2C12CCC(Nc1cccc(Cl)c1)(C(=O)O)CC2. The fourth-order valence-electron chi connectivity index (χ4n) is 10.3. The lowest BCUT2D eigenvalue weighted by atomic mass is 9.59. The zero-order chi connectivity index (χ0) is 42.4. The number of rotatable bonds is 16. The van der Waals surface area contributed by atoms with Crippen molar-refractivity contribution in [3.8, 4) is 22.8 Å². The number of aryl methyl sites for hydroxylation is 1. The van der Waals surface area contributed by atoms with E-state index in [0.717, 1.165) is 66.8 Å². The van der Waals surface area contributed by atoms with Gasteiger partial charge in [0.1, 0.15) is 17.0 Å². The fourth-order valence-corrected chi connectivity index (χ4v) is 10.5. The first-order chi connectivity index (χ1) is 29.6. The smallest absolute Gasteiger partial charge is 0.329 e. The molecule has 9 nitrogen and oxygen atoms in total. The van der Waals surface area contributed by atoms with Crippen molar-refractivity contribution < 1.29 is 24.2 Å². The number of carboxylic acid groups (broad SMARTS) is 1. The Bertz CT molecular complexity index is 2330. The summed E-state index contributed by atoms with van der Waals surface area (Å²) in [5, 5.41) is 17.7.